The molecule has 0 unspecified atom stereocenters. The van der Waals surface area contributed by atoms with Crippen molar-refractivity contribution in [3.63, 3.8) is 0 Å². The predicted octanol–water partition coefficient (Wildman–Crippen LogP) is 2.94. The van der Waals surface area contributed by atoms with Gasteiger partial charge in [0.05, 0.1) is 14.2 Å². The molecule has 5 heteroatoms. The first-order valence-electron chi connectivity index (χ1n) is 8.80. The van der Waals surface area contributed by atoms with Crippen LogP contribution in [0.4, 0.5) is 0 Å². The Bertz CT molecular complexity index is 541. The van der Waals surface area contributed by atoms with Crippen LogP contribution in [-0.2, 0) is 6.42 Å². The third-order valence-corrected chi connectivity index (χ3v) is 4.53. The van der Waals surface area contributed by atoms with Crippen LogP contribution in [0.15, 0.2) is 23.2 Å². The highest BCUT2D eigenvalue weighted by Gasteiger charge is 2.20. The fraction of sp³-hybridized carbons (Fsp3) is 0.632. The van der Waals surface area contributed by atoms with Crippen molar-refractivity contribution in [2.75, 3.05) is 41.4 Å². The summed E-state index contributed by atoms with van der Waals surface area (Å²) in [6.45, 7) is 1.90. The van der Waals surface area contributed by atoms with Gasteiger partial charge in [-0.3, -0.25) is 4.99 Å². The van der Waals surface area contributed by atoms with E-state index in [0.29, 0.717) is 0 Å². The zero-order valence-corrected chi connectivity index (χ0v) is 15.5. The van der Waals surface area contributed by atoms with Gasteiger partial charge in [-0.15, -0.1) is 0 Å². The number of benzene rings is 1. The molecule has 1 aliphatic carbocycles. The summed E-state index contributed by atoms with van der Waals surface area (Å²) in [6, 6.07) is 6.08. The van der Waals surface area contributed by atoms with E-state index in [4.69, 9.17) is 9.47 Å². The molecule has 2 rings (SSSR count). The standard InChI is InChI=1S/C19H31N3O2/c1-20-19(21-12-5-6-15-7-8-15)22(2)13-11-16-9-10-17(23-3)18(14-16)24-4/h9-10,14-15H,5-8,11-13H2,1-4H3,(H,20,21). The molecule has 5 nitrogen and oxygen atoms in total. The van der Waals surface area contributed by atoms with Gasteiger partial charge in [0.1, 0.15) is 0 Å². The smallest absolute Gasteiger partial charge is 0.193 e. The van der Waals surface area contributed by atoms with Crippen LogP contribution in [0, 0.1) is 5.92 Å². The van der Waals surface area contributed by atoms with Crippen LogP contribution < -0.4 is 14.8 Å². The van der Waals surface area contributed by atoms with Crippen molar-refractivity contribution in [3.05, 3.63) is 23.8 Å². The number of aliphatic imine (C=N–C) groups is 1. The highest BCUT2D eigenvalue weighted by molar-refractivity contribution is 5.79. The molecule has 1 aromatic rings. The van der Waals surface area contributed by atoms with Crippen molar-refractivity contribution >= 4 is 5.96 Å². The Morgan fingerprint density at radius 2 is 2.00 bits per heavy atom. The van der Waals surface area contributed by atoms with Gasteiger partial charge in [0.25, 0.3) is 0 Å². The van der Waals surface area contributed by atoms with Crippen LogP contribution in [0.3, 0.4) is 0 Å². The minimum absolute atomic E-state index is 0.766. The number of rotatable bonds is 9. The molecule has 1 saturated carbocycles. The summed E-state index contributed by atoms with van der Waals surface area (Å²) in [5, 5.41) is 3.46. The summed E-state index contributed by atoms with van der Waals surface area (Å²) in [5.74, 6) is 3.51. The fourth-order valence-corrected chi connectivity index (χ4v) is 2.82. The molecule has 1 aromatic carbocycles. The van der Waals surface area contributed by atoms with Gasteiger partial charge >= 0.3 is 0 Å². The minimum Gasteiger partial charge on any atom is -0.493 e. The maximum atomic E-state index is 5.37. The molecule has 24 heavy (non-hydrogen) atoms. The third kappa shape index (κ3) is 5.62. The molecule has 0 spiro atoms. The van der Waals surface area contributed by atoms with Crippen LogP contribution in [0.5, 0.6) is 11.5 Å². The van der Waals surface area contributed by atoms with Gasteiger partial charge in [0.15, 0.2) is 17.5 Å². The fourth-order valence-electron chi connectivity index (χ4n) is 2.82. The van der Waals surface area contributed by atoms with Crippen LogP contribution in [0.25, 0.3) is 0 Å². The Hall–Kier alpha value is -1.91. The number of nitrogens with zero attached hydrogens (tertiary/aromatic N) is 2. The van der Waals surface area contributed by atoms with Gasteiger partial charge in [-0.05, 0) is 42.9 Å². The zero-order valence-electron chi connectivity index (χ0n) is 15.5. The largest absolute Gasteiger partial charge is 0.493 e. The summed E-state index contributed by atoms with van der Waals surface area (Å²) >= 11 is 0. The molecule has 0 heterocycles. The molecule has 0 aliphatic heterocycles. The van der Waals surface area contributed by atoms with Gasteiger partial charge in [0.2, 0.25) is 0 Å². The first kappa shape index (κ1) is 18.4. The van der Waals surface area contributed by atoms with Crippen molar-refractivity contribution < 1.29 is 9.47 Å². The topological polar surface area (TPSA) is 46.1 Å². The number of likely N-dealkylation sites (N-methyl/N-ethyl adjacent to an activating group) is 1. The molecule has 0 amide bonds. The molecule has 0 aromatic heterocycles. The lowest BCUT2D eigenvalue weighted by Gasteiger charge is -2.22. The monoisotopic (exact) mass is 333 g/mol. The van der Waals surface area contributed by atoms with Crippen molar-refractivity contribution in [3.8, 4) is 11.5 Å². The van der Waals surface area contributed by atoms with Gasteiger partial charge in [-0.1, -0.05) is 18.9 Å². The molecular weight excluding hydrogens is 302 g/mol. The highest BCUT2D eigenvalue weighted by Crippen LogP contribution is 2.33. The van der Waals surface area contributed by atoms with Crippen molar-refractivity contribution in [1.82, 2.24) is 10.2 Å². The van der Waals surface area contributed by atoms with Gasteiger partial charge in [-0.2, -0.15) is 0 Å². The maximum Gasteiger partial charge on any atom is 0.193 e. The second kappa shape index (κ2) is 9.40. The number of guanidine groups is 1. The summed E-state index contributed by atoms with van der Waals surface area (Å²) in [6.07, 6.45) is 6.37. The lowest BCUT2D eigenvalue weighted by molar-refractivity contribution is 0.354. The van der Waals surface area contributed by atoms with Crippen LogP contribution in [0.1, 0.15) is 31.2 Å². The summed E-state index contributed by atoms with van der Waals surface area (Å²) < 4.78 is 10.7. The SMILES string of the molecule is CN=C(NCCCC1CC1)N(C)CCc1ccc(OC)c(OC)c1. The maximum absolute atomic E-state index is 5.37. The Morgan fingerprint density at radius 3 is 2.62 bits per heavy atom. The van der Waals surface area contributed by atoms with E-state index in [1.807, 2.05) is 19.2 Å². The van der Waals surface area contributed by atoms with Crippen LogP contribution in [0.2, 0.25) is 0 Å². The van der Waals surface area contributed by atoms with Crippen LogP contribution >= 0.6 is 0 Å². The minimum atomic E-state index is 0.766. The Kier molecular flexibility index (Phi) is 7.22. The van der Waals surface area contributed by atoms with Crippen molar-refractivity contribution in [2.45, 2.75) is 32.1 Å². The lowest BCUT2D eigenvalue weighted by atomic mass is 10.1. The number of methoxy groups -OCH3 is 2. The third-order valence-electron chi connectivity index (χ3n) is 4.53. The van der Waals surface area contributed by atoms with E-state index < -0.39 is 0 Å². The molecule has 1 N–H and O–H groups in total. The van der Waals surface area contributed by atoms with E-state index in [9.17, 15) is 0 Å². The van der Waals surface area contributed by atoms with E-state index >= 15 is 0 Å². The molecular formula is C19H31N3O2. The molecule has 0 radical (unpaired) electrons. The van der Waals surface area contributed by atoms with Crippen molar-refractivity contribution in [1.29, 1.82) is 0 Å². The Morgan fingerprint density at radius 1 is 1.25 bits per heavy atom. The first-order chi connectivity index (χ1) is 11.7. The Balaban J connectivity index is 1.78. The van der Waals surface area contributed by atoms with Gasteiger partial charge in [-0.25, -0.2) is 0 Å². The molecule has 1 aliphatic rings. The number of hydrogen-bond donors (Lipinski definition) is 1. The van der Waals surface area contributed by atoms with E-state index in [0.717, 1.165) is 42.9 Å². The molecule has 0 saturated heterocycles. The average Bonchev–Trinajstić information content (AvgIpc) is 3.43. The second-order valence-corrected chi connectivity index (χ2v) is 6.42. The molecule has 0 atom stereocenters. The van der Waals surface area contributed by atoms with Crippen LogP contribution in [-0.4, -0.2) is 52.3 Å². The number of ether oxygens (including phenoxy) is 2. The predicted molar refractivity (Wildman–Crippen MR) is 99.2 cm³/mol. The van der Waals surface area contributed by atoms with Gasteiger partial charge < -0.3 is 19.7 Å². The van der Waals surface area contributed by atoms with Gasteiger partial charge in [0, 0.05) is 27.2 Å². The number of nitrogens with one attached hydrogen (secondary N) is 1. The van der Waals surface area contributed by atoms with Crippen molar-refractivity contribution in [2.24, 2.45) is 10.9 Å². The van der Waals surface area contributed by atoms with E-state index in [-0.39, 0.29) is 0 Å². The zero-order chi connectivity index (χ0) is 17.4. The molecule has 0 bridgehead atoms. The summed E-state index contributed by atoms with van der Waals surface area (Å²) in [4.78, 5) is 6.55. The highest BCUT2D eigenvalue weighted by atomic mass is 16.5. The molecule has 1 fully saturated rings. The van der Waals surface area contributed by atoms with E-state index in [2.05, 4.69) is 28.3 Å². The Labute approximate surface area is 146 Å². The average molecular weight is 333 g/mol. The summed E-state index contributed by atoms with van der Waals surface area (Å²) in [5.41, 5.74) is 1.23. The second-order valence-electron chi connectivity index (χ2n) is 6.42. The normalized spacial score (nSPS) is 14.4. The summed E-state index contributed by atoms with van der Waals surface area (Å²) in [7, 11) is 7.25. The first-order valence-corrected chi connectivity index (χ1v) is 8.80. The number of hydrogen-bond acceptors (Lipinski definition) is 3. The quantitative estimate of drug-likeness (QED) is 0.429. The van der Waals surface area contributed by atoms with E-state index in [1.165, 1.54) is 31.2 Å². The molecule has 134 valence electrons. The lowest BCUT2D eigenvalue weighted by Crippen LogP contribution is -2.40. The van der Waals surface area contributed by atoms with E-state index in [1.54, 1.807) is 14.2 Å².